The van der Waals surface area contributed by atoms with E-state index in [-0.39, 0.29) is 11.6 Å². The summed E-state index contributed by atoms with van der Waals surface area (Å²) in [7, 11) is 0. The molecule has 0 bridgehead atoms. The Kier molecular flexibility index (Phi) is 32.4. The first-order valence-corrected chi connectivity index (χ1v) is 39.4. The molecular formula is C91H101Cl2F2N15. The van der Waals surface area contributed by atoms with Crippen LogP contribution in [0.25, 0.3) is 87.7 Å². The third-order valence-corrected chi connectivity index (χ3v) is 19.1. The highest BCUT2D eigenvalue weighted by molar-refractivity contribution is 6.31. The molecule has 16 rings (SSSR count). The Morgan fingerprint density at radius 2 is 0.564 bits per heavy atom. The fourth-order valence-corrected chi connectivity index (χ4v) is 13.1. The summed E-state index contributed by atoms with van der Waals surface area (Å²) in [6.45, 7) is 25.3. The fraction of sp³-hybridized carbons (Fsp3) is 0.308. The maximum absolute atomic E-state index is 13.0. The molecule has 0 unspecified atom stereocenters. The van der Waals surface area contributed by atoms with E-state index in [1.807, 2.05) is 107 Å². The van der Waals surface area contributed by atoms with Crippen molar-refractivity contribution in [2.24, 2.45) is 0 Å². The number of unbranched alkanes of at least 4 members (excludes halogenated alkanes) is 4. The van der Waals surface area contributed by atoms with Gasteiger partial charge < -0.3 is 36.5 Å². The molecule has 0 spiro atoms. The third-order valence-electron chi connectivity index (χ3n) is 18.6. The van der Waals surface area contributed by atoms with Crippen molar-refractivity contribution in [3.8, 4) is 18.2 Å². The second-order valence-electron chi connectivity index (χ2n) is 26.9. The number of hydrogen-bond acceptors (Lipinski definition) is 7. The minimum Gasteiger partial charge on any atom is -0.347 e. The molecule has 0 saturated carbocycles. The molecule has 0 radical (unpaired) electrons. The summed E-state index contributed by atoms with van der Waals surface area (Å²) in [6, 6.07) is 61.9. The van der Waals surface area contributed by atoms with Gasteiger partial charge in [-0.2, -0.15) is 15.8 Å². The van der Waals surface area contributed by atoms with Crippen LogP contribution >= 0.6 is 23.2 Å². The quantitative estimate of drug-likeness (QED) is 0.0733. The molecule has 110 heavy (non-hydrogen) atoms. The van der Waals surface area contributed by atoms with Gasteiger partial charge in [-0.3, -0.25) is 0 Å². The van der Waals surface area contributed by atoms with Crippen LogP contribution < -0.4 is 0 Å². The Morgan fingerprint density at radius 1 is 0.282 bits per heavy atom. The van der Waals surface area contributed by atoms with Crippen molar-refractivity contribution in [2.75, 3.05) is 0 Å². The van der Waals surface area contributed by atoms with Gasteiger partial charge in [0.05, 0.1) is 104 Å². The average molecular weight is 1510 g/mol. The van der Waals surface area contributed by atoms with E-state index in [0.29, 0.717) is 5.56 Å². The number of para-hydroxylation sites is 2. The zero-order chi connectivity index (χ0) is 78.2. The van der Waals surface area contributed by atoms with Crippen LogP contribution in [0.1, 0.15) is 149 Å². The summed E-state index contributed by atoms with van der Waals surface area (Å²) < 4.78 is 43.1. The molecule has 568 valence electrons. The molecule has 19 heteroatoms. The second kappa shape index (κ2) is 43.0. The summed E-state index contributed by atoms with van der Waals surface area (Å²) in [4.78, 5) is 17.0. The number of nitriles is 3. The molecule has 15 nitrogen and oxygen atoms in total. The molecule has 0 aliphatic rings. The van der Waals surface area contributed by atoms with E-state index in [1.165, 1.54) is 93.6 Å². The normalized spacial score (nSPS) is 10.7. The largest absolute Gasteiger partial charge is 0.347 e. The highest BCUT2D eigenvalue weighted by Crippen LogP contribution is 2.25. The first-order chi connectivity index (χ1) is 53.7. The molecule has 0 atom stereocenters. The molecule has 0 N–H and O–H groups in total. The van der Waals surface area contributed by atoms with E-state index in [2.05, 4.69) is 194 Å². The topological polar surface area (TPSA) is 162 Å². The van der Waals surface area contributed by atoms with Gasteiger partial charge >= 0.3 is 0 Å². The standard InChI is InChI=1S/C13H14N2.C12H14ClN.C12H13N3.C12H12N2.C11H12ClN.C11H13FN2.C10H11FN2.C10H12N2/c1-2-3-7-15-8-6-12-5-4-11(10-14)9-13(12)15;1-2-3-7-14-8-6-10-4-5-11(13)9-12(10)14;1-2-3-6-15-9-14-11-5-4-10(8-13)7-12(11)15;1-2-6-14-7-5-11-4-3-10(9-13)8-12(11)14;1-2-6-13-7-5-9-3-4-10(12)8-11(9)13;1-2-3-6-14-8-13-10-5-4-9(12)7-11(10)14;1-2-5-13-7-12-9-4-3-8(11)6-10(9)13;1-2-7-12-8-11-9-5-3-4-6-10(9)12/h4-6,8-9H,2-3,7H2,1H3;4-6,8-9H,2-3,7H2,1H3;4-5,7,9H,2-3,6H2,1H3;3-5,7-8H,2,6H2,1H3;3-5,7-8H,2,6H2,1H3;4-5,7-8H,2-3,6H2,1H3;3-4,6-7H,2,5H2,1H3;3-6,8H,2,7H2,1H3. The van der Waals surface area contributed by atoms with Gasteiger partial charge in [0.1, 0.15) is 11.6 Å². The van der Waals surface area contributed by atoms with E-state index in [4.69, 9.17) is 39.0 Å². The van der Waals surface area contributed by atoms with Gasteiger partial charge in [0.25, 0.3) is 0 Å². The number of imidazole rings is 4. The first-order valence-electron chi connectivity index (χ1n) is 38.6. The van der Waals surface area contributed by atoms with Crippen molar-refractivity contribution in [1.29, 1.82) is 15.8 Å². The van der Waals surface area contributed by atoms with Crippen molar-refractivity contribution in [3.05, 3.63) is 264 Å². The molecule has 8 heterocycles. The van der Waals surface area contributed by atoms with E-state index in [0.717, 1.165) is 169 Å². The Labute approximate surface area is 655 Å². The number of fused-ring (bicyclic) bond motifs is 8. The summed E-state index contributed by atoms with van der Waals surface area (Å²) in [5.74, 6) is -0.402. The van der Waals surface area contributed by atoms with Crippen molar-refractivity contribution >= 4 is 111 Å². The van der Waals surface area contributed by atoms with Crippen LogP contribution in [0.3, 0.4) is 0 Å². The molecular weight excluding hydrogens is 1410 g/mol. The van der Waals surface area contributed by atoms with Gasteiger partial charge in [0, 0.05) is 109 Å². The van der Waals surface area contributed by atoms with E-state index in [1.54, 1.807) is 30.9 Å². The average Bonchev–Trinajstić information content (AvgIpc) is 1.65. The monoisotopic (exact) mass is 1510 g/mol. The smallest absolute Gasteiger partial charge is 0.125 e. The minimum absolute atomic E-state index is 0.198. The lowest BCUT2D eigenvalue weighted by Crippen LogP contribution is -1.95. The highest BCUT2D eigenvalue weighted by Gasteiger charge is 2.09. The molecule has 0 fully saturated rings. The van der Waals surface area contributed by atoms with Gasteiger partial charge in [-0.25, -0.2) is 28.7 Å². The highest BCUT2D eigenvalue weighted by atomic mass is 35.5. The SMILES string of the molecule is CCCCn1ccc2ccc(C#N)cc21.CCCCn1ccc2ccc(Cl)cc21.CCCCn1cnc2ccc(C#N)cc21.CCCCn1cnc2ccc(F)cc21.CCCn1ccc2ccc(C#N)cc21.CCCn1ccc2ccc(Cl)cc21.CCCn1cnc2ccc(F)cc21.CCCn1cnc2ccccc21. The van der Waals surface area contributed by atoms with Crippen molar-refractivity contribution in [2.45, 2.75) is 185 Å². The zero-order valence-electron chi connectivity index (χ0n) is 64.7. The van der Waals surface area contributed by atoms with Crippen molar-refractivity contribution in [3.63, 3.8) is 0 Å². The van der Waals surface area contributed by atoms with Crippen LogP contribution in [0.5, 0.6) is 0 Å². The van der Waals surface area contributed by atoms with Gasteiger partial charge in [-0.15, -0.1) is 0 Å². The fourth-order valence-electron chi connectivity index (χ4n) is 12.8. The number of nitrogens with zero attached hydrogens (tertiary/aromatic N) is 15. The third kappa shape index (κ3) is 22.9. The van der Waals surface area contributed by atoms with Crippen LogP contribution in [0.15, 0.2) is 226 Å². The van der Waals surface area contributed by atoms with Gasteiger partial charge in [0.2, 0.25) is 0 Å². The van der Waals surface area contributed by atoms with E-state index >= 15 is 0 Å². The van der Waals surface area contributed by atoms with Crippen LogP contribution in [-0.2, 0) is 52.4 Å². The number of aryl methyl sites for hydroxylation is 8. The minimum atomic E-state index is -0.203. The summed E-state index contributed by atoms with van der Waals surface area (Å²) >= 11 is 11.9. The Balaban J connectivity index is 0.000000145. The molecule has 8 aromatic heterocycles. The lowest BCUT2D eigenvalue weighted by molar-refractivity contribution is 0.623. The van der Waals surface area contributed by atoms with E-state index < -0.39 is 0 Å². The van der Waals surface area contributed by atoms with Gasteiger partial charge in [0.15, 0.2) is 0 Å². The number of halogens is 4. The number of rotatable bonds is 20. The van der Waals surface area contributed by atoms with Crippen molar-refractivity contribution in [1.82, 2.24) is 56.5 Å². The maximum atomic E-state index is 13.0. The van der Waals surface area contributed by atoms with E-state index in [9.17, 15) is 8.78 Å². The summed E-state index contributed by atoms with van der Waals surface area (Å²) in [5, 5.41) is 33.0. The predicted molar refractivity (Wildman–Crippen MR) is 452 cm³/mol. The van der Waals surface area contributed by atoms with Crippen LogP contribution in [-0.4, -0.2) is 56.5 Å². The molecule has 8 aromatic carbocycles. The Hall–Kier alpha value is -11.3. The lowest BCUT2D eigenvalue weighted by atomic mass is 10.2. The molecule has 0 amide bonds. The number of hydrogen-bond donors (Lipinski definition) is 0. The number of aromatic nitrogens is 12. The van der Waals surface area contributed by atoms with Crippen LogP contribution in [0, 0.1) is 45.6 Å². The second-order valence-corrected chi connectivity index (χ2v) is 27.8. The zero-order valence-corrected chi connectivity index (χ0v) is 66.2. The van der Waals surface area contributed by atoms with Gasteiger partial charge in [-0.1, -0.05) is 141 Å². The summed E-state index contributed by atoms with van der Waals surface area (Å²) in [6.07, 6.45) is 29.5. The van der Waals surface area contributed by atoms with Crippen molar-refractivity contribution < 1.29 is 8.78 Å². The Bertz CT molecular complexity index is 5400. The predicted octanol–water partition coefficient (Wildman–Crippen LogP) is 24.8. The van der Waals surface area contributed by atoms with Gasteiger partial charge in [-0.05, 0) is 212 Å². The first kappa shape index (κ1) is 82.8. The van der Waals surface area contributed by atoms with Crippen LogP contribution in [0.4, 0.5) is 8.78 Å². The molecule has 0 aliphatic carbocycles. The Morgan fingerprint density at radius 3 is 0.936 bits per heavy atom. The molecule has 0 aliphatic heterocycles. The van der Waals surface area contributed by atoms with Crippen LogP contribution in [0.2, 0.25) is 10.0 Å². The lowest BCUT2D eigenvalue weighted by Gasteiger charge is -2.03. The molecule has 0 saturated heterocycles. The maximum Gasteiger partial charge on any atom is 0.125 e. The molecule has 16 aromatic rings. The summed E-state index contributed by atoms with van der Waals surface area (Å²) in [5.41, 5.74) is 14.8. The number of benzene rings is 8.